The van der Waals surface area contributed by atoms with Gasteiger partial charge in [0, 0.05) is 11.9 Å². The highest BCUT2D eigenvalue weighted by Crippen LogP contribution is 2.23. The van der Waals surface area contributed by atoms with Gasteiger partial charge >= 0.3 is 0 Å². The number of hydrogen-bond acceptors (Lipinski definition) is 5. The van der Waals surface area contributed by atoms with Gasteiger partial charge in [0.15, 0.2) is 0 Å². The fourth-order valence-electron chi connectivity index (χ4n) is 2.44. The first-order valence-electron chi connectivity index (χ1n) is 8.75. The van der Waals surface area contributed by atoms with Gasteiger partial charge in [-0.2, -0.15) is 0 Å². The average molecular weight is 372 g/mol. The molecule has 26 heavy (non-hydrogen) atoms. The number of imide groups is 1. The first-order chi connectivity index (χ1) is 12.5. The highest BCUT2D eigenvalue weighted by molar-refractivity contribution is 8.15. The van der Waals surface area contributed by atoms with Crippen molar-refractivity contribution in [2.45, 2.75) is 44.8 Å². The summed E-state index contributed by atoms with van der Waals surface area (Å²) < 4.78 is 0. The quantitative estimate of drug-likeness (QED) is 0.832. The molecule has 1 aromatic carbocycles. The number of carbonyl (C=O) groups excluding carboxylic acids is 2. The highest BCUT2D eigenvalue weighted by Gasteiger charge is 2.31. The molecule has 1 unspecified atom stereocenters. The van der Waals surface area contributed by atoms with Crippen LogP contribution in [0.4, 0.5) is 4.79 Å². The predicted octanol–water partition coefficient (Wildman–Crippen LogP) is 3.88. The number of carbonyl (C=O) groups is 2. The molecule has 1 atom stereocenters. The number of rotatable bonds is 5. The molecule has 1 aliphatic heterocycles. The van der Waals surface area contributed by atoms with Crippen molar-refractivity contribution >= 4 is 22.9 Å². The number of benzene rings is 1. The number of phenols is 1. The average Bonchev–Trinajstić information content (AvgIpc) is 2.95. The van der Waals surface area contributed by atoms with E-state index in [0.29, 0.717) is 6.42 Å². The summed E-state index contributed by atoms with van der Waals surface area (Å²) in [6, 6.07) is 10.9. The van der Waals surface area contributed by atoms with Crippen LogP contribution in [0.5, 0.6) is 5.75 Å². The molecule has 1 aliphatic rings. The lowest BCUT2D eigenvalue weighted by atomic mass is 10.1. The Bertz CT molecular complexity index is 730. The fraction of sp³-hybridized carbons (Fsp3) is 0.350. The third-order valence-corrected chi connectivity index (χ3v) is 4.91. The van der Waals surface area contributed by atoms with Gasteiger partial charge in [0.25, 0.3) is 5.24 Å². The van der Waals surface area contributed by atoms with Crippen molar-refractivity contribution < 1.29 is 14.7 Å². The van der Waals surface area contributed by atoms with Crippen molar-refractivity contribution in [1.29, 1.82) is 0 Å². The minimum atomic E-state index is -0.345. The van der Waals surface area contributed by atoms with Gasteiger partial charge in [-0.05, 0) is 48.6 Å². The molecule has 0 bridgehead atoms. The summed E-state index contributed by atoms with van der Waals surface area (Å²) in [6.45, 7) is 4.33. The van der Waals surface area contributed by atoms with Gasteiger partial charge in [-0.25, -0.2) is 0 Å². The van der Waals surface area contributed by atoms with E-state index in [1.165, 1.54) is 17.7 Å². The Labute approximate surface area is 158 Å². The van der Waals surface area contributed by atoms with Gasteiger partial charge in [0.2, 0.25) is 5.91 Å². The van der Waals surface area contributed by atoms with E-state index in [1.54, 1.807) is 24.3 Å². The Hall–Kier alpha value is -2.34. The van der Waals surface area contributed by atoms with Crippen molar-refractivity contribution in [3.8, 4) is 5.75 Å². The fourth-order valence-corrected chi connectivity index (χ4v) is 3.30. The van der Waals surface area contributed by atoms with Crippen LogP contribution < -0.4 is 5.32 Å². The van der Waals surface area contributed by atoms with E-state index in [9.17, 15) is 9.59 Å². The molecule has 2 heterocycles. The predicted molar refractivity (Wildman–Crippen MR) is 104 cm³/mol. The van der Waals surface area contributed by atoms with E-state index >= 15 is 0 Å². The summed E-state index contributed by atoms with van der Waals surface area (Å²) in [7, 11) is 0. The molecule has 1 fully saturated rings. The molecule has 0 spiro atoms. The van der Waals surface area contributed by atoms with Gasteiger partial charge in [-0.15, -0.1) is 0 Å². The summed E-state index contributed by atoms with van der Waals surface area (Å²) in [5, 5.41) is 10.7. The lowest BCUT2D eigenvalue weighted by Gasteiger charge is -2.04. The van der Waals surface area contributed by atoms with Crippen molar-refractivity contribution in [3.63, 3.8) is 0 Å². The minimum absolute atomic E-state index is 0.193. The molecule has 2 amide bonds. The molecule has 0 aliphatic carbocycles. The normalized spacial score (nSPS) is 16.0. The highest BCUT2D eigenvalue weighted by atomic mass is 32.2. The smallest absolute Gasteiger partial charge is 0.286 e. The van der Waals surface area contributed by atoms with Crippen molar-refractivity contribution in [2.75, 3.05) is 0 Å². The van der Waals surface area contributed by atoms with Crippen LogP contribution in [0.15, 0.2) is 42.6 Å². The second kappa shape index (κ2) is 9.97. The molecular weight excluding hydrogens is 348 g/mol. The van der Waals surface area contributed by atoms with Crippen LogP contribution in [-0.2, 0) is 24.1 Å². The van der Waals surface area contributed by atoms with Crippen molar-refractivity contribution in [3.05, 3.63) is 59.4 Å². The zero-order valence-electron chi connectivity index (χ0n) is 15.1. The zero-order chi connectivity index (χ0) is 18.9. The van der Waals surface area contributed by atoms with Crippen molar-refractivity contribution in [2.24, 2.45) is 0 Å². The zero-order valence-corrected chi connectivity index (χ0v) is 15.9. The van der Waals surface area contributed by atoms with Gasteiger partial charge in [0.1, 0.15) is 5.75 Å². The Morgan fingerprint density at radius 1 is 1.08 bits per heavy atom. The van der Waals surface area contributed by atoms with E-state index < -0.39 is 0 Å². The number of amides is 2. The van der Waals surface area contributed by atoms with Gasteiger partial charge in [-0.3, -0.25) is 19.9 Å². The number of hydrogen-bond donors (Lipinski definition) is 2. The number of pyridine rings is 1. The Morgan fingerprint density at radius 3 is 2.27 bits per heavy atom. The Morgan fingerprint density at radius 2 is 1.77 bits per heavy atom. The largest absolute Gasteiger partial charge is 0.508 e. The SMILES string of the molecule is CCCc1ccc(CC)cn1.O=C1NC(=O)C(Cc2ccc(O)cc2)S1. The van der Waals surface area contributed by atoms with E-state index in [2.05, 4.69) is 36.3 Å². The second-order valence-corrected chi connectivity index (χ2v) is 7.19. The maximum absolute atomic E-state index is 11.3. The van der Waals surface area contributed by atoms with Crippen molar-refractivity contribution in [1.82, 2.24) is 10.3 Å². The van der Waals surface area contributed by atoms with Crippen LogP contribution in [0.2, 0.25) is 0 Å². The first kappa shape index (κ1) is 20.0. The van der Waals surface area contributed by atoms with E-state index in [1.807, 2.05) is 6.20 Å². The summed E-state index contributed by atoms with van der Waals surface area (Å²) in [6.07, 6.45) is 5.84. The summed E-state index contributed by atoms with van der Waals surface area (Å²) in [5.41, 5.74) is 3.46. The maximum atomic E-state index is 11.3. The van der Waals surface area contributed by atoms with Gasteiger partial charge < -0.3 is 5.11 Å². The molecule has 5 nitrogen and oxygen atoms in total. The molecule has 0 radical (unpaired) electrons. The Kier molecular flexibility index (Phi) is 7.66. The van der Waals surface area contributed by atoms with Crippen LogP contribution in [0.1, 0.15) is 37.1 Å². The number of nitrogens with zero attached hydrogens (tertiary/aromatic N) is 1. The minimum Gasteiger partial charge on any atom is -0.508 e. The molecule has 2 aromatic rings. The molecular formula is C20H24N2O3S. The molecule has 6 heteroatoms. The third kappa shape index (κ3) is 6.19. The monoisotopic (exact) mass is 372 g/mol. The van der Waals surface area contributed by atoms with Crippen LogP contribution in [-0.4, -0.2) is 26.5 Å². The lowest BCUT2D eigenvalue weighted by Crippen LogP contribution is -2.25. The summed E-state index contributed by atoms with van der Waals surface area (Å²) >= 11 is 1.01. The number of aromatic nitrogens is 1. The maximum Gasteiger partial charge on any atom is 0.286 e. The van der Waals surface area contributed by atoms with Crippen LogP contribution in [0.3, 0.4) is 0 Å². The molecule has 0 saturated carbocycles. The van der Waals surface area contributed by atoms with E-state index in [-0.39, 0.29) is 22.1 Å². The van der Waals surface area contributed by atoms with E-state index in [4.69, 9.17) is 5.11 Å². The number of aryl methyl sites for hydroxylation is 2. The molecule has 3 rings (SSSR count). The molecule has 138 valence electrons. The van der Waals surface area contributed by atoms with Crippen LogP contribution >= 0.6 is 11.8 Å². The van der Waals surface area contributed by atoms with Crippen LogP contribution in [0.25, 0.3) is 0 Å². The number of thioether (sulfide) groups is 1. The molecule has 1 saturated heterocycles. The van der Waals surface area contributed by atoms with Gasteiger partial charge in [0.05, 0.1) is 5.25 Å². The third-order valence-electron chi connectivity index (χ3n) is 3.92. The summed E-state index contributed by atoms with van der Waals surface area (Å²) in [5.74, 6) is -0.0450. The number of phenolic OH excluding ortho intramolecular Hbond substituents is 1. The van der Waals surface area contributed by atoms with E-state index in [0.717, 1.165) is 30.2 Å². The summed E-state index contributed by atoms with van der Waals surface area (Å²) in [4.78, 5) is 26.5. The standard InChI is InChI=1S/C10H9NO3S.C10H15N/c12-7-3-1-6(2-4-7)5-8-9(13)11-10(14)15-8;1-3-5-10-7-6-9(4-2)8-11-10/h1-4,8,12H,5H2,(H,11,13,14);6-8H,3-5H2,1-2H3. The number of aromatic hydroxyl groups is 1. The number of nitrogens with one attached hydrogen (secondary N) is 1. The lowest BCUT2D eigenvalue weighted by molar-refractivity contribution is -0.118. The van der Waals surface area contributed by atoms with Gasteiger partial charge in [-0.1, -0.05) is 50.2 Å². The molecule has 2 N–H and O–H groups in total. The second-order valence-electron chi connectivity index (χ2n) is 6.02. The van der Waals surface area contributed by atoms with Crippen LogP contribution in [0, 0.1) is 0 Å². The Balaban J connectivity index is 0.000000197. The molecule has 1 aromatic heterocycles. The topological polar surface area (TPSA) is 79.3 Å². The first-order valence-corrected chi connectivity index (χ1v) is 9.63.